The first kappa shape index (κ1) is 13.4. The molecular formula is C11H20N2O2S. The molecule has 0 saturated heterocycles. The molecule has 0 aromatic heterocycles. The molecule has 1 saturated carbocycles. The Bertz CT molecular complexity index is 286. The molecule has 0 aromatic carbocycles. The van der Waals surface area contributed by atoms with E-state index in [0.29, 0.717) is 11.5 Å². The quantitative estimate of drug-likeness (QED) is 0.713. The highest BCUT2D eigenvalue weighted by atomic mass is 32.1. The number of carbonyl (C=O) groups excluding carboxylic acids is 1. The first-order valence-electron chi connectivity index (χ1n) is 5.63. The number of amides is 1. The fraction of sp³-hybridized carbons (Fsp3) is 0.818. The van der Waals surface area contributed by atoms with Crippen LogP contribution in [0.4, 0.5) is 0 Å². The minimum atomic E-state index is -0.654. The van der Waals surface area contributed by atoms with E-state index in [9.17, 15) is 9.90 Å². The average molecular weight is 244 g/mol. The molecular weight excluding hydrogens is 224 g/mol. The third-order valence-electron chi connectivity index (χ3n) is 3.22. The van der Waals surface area contributed by atoms with Crippen molar-refractivity contribution in [1.82, 2.24) is 4.90 Å². The Morgan fingerprint density at radius 1 is 1.56 bits per heavy atom. The van der Waals surface area contributed by atoms with Crippen LogP contribution in [0.25, 0.3) is 0 Å². The highest BCUT2D eigenvalue weighted by molar-refractivity contribution is 7.80. The summed E-state index contributed by atoms with van der Waals surface area (Å²) in [6, 6.07) is 0. The van der Waals surface area contributed by atoms with Gasteiger partial charge in [-0.05, 0) is 19.8 Å². The predicted molar refractivity (Wildman–Crippen MR) is 67.0 cm³/mol. The zero-order valence-corrected chi connectivity index (χ0v) is 10.7. The number of likely N-dealkylation sites (N-methyl/N-ethyl adjacent to an activating group) is 1. The molecule has 3 N–H and O–H groups in total. The number of rotatable bonds is 4. The molecule has 1 aliphatic carbocycles. The number of aliphatic hydroxyl groups is 1. The van der Waals surface area contributed by atoms with Gasteiger partial charge in [0.15, 0.2) is 0 Å². The zero-order chi connectivity index (χ0) is 12.3. The lowest BCUT2D eigenvalue weighted by Gasteiger charge is -2.32. The van der Waals surface area contributed by atoms with Crippen LogP contribution in [0, 0.1) is 5.41 Å². The van der Waals surface area contributed by atoms with E-state index in [1.165, 1.54) is 4.90 Å². The Balaban J connectivity index is 2.80. The van der Waals surface area contributed by atoms with Gasteiger partial charge in [0.1, 0.15) is 0 Å². The molecule has 4 nitrogen and oxygen atoms in total. The third-order valence-corrected chi connectivity index (χ3v) is 3.61. The van der Waals surface area contributed by atoms with Gasteiger partial charge < -0.3 is 15.7 Å². The zero-order valence-electron chi connectivity index (χ0n) is 9.90. The van der Waals surface area contributed by atoms with Crippen molar-refractivity contribution in [2.75, 3.05) is 13.6 Å². The van der Waals surface area contributed by atoms with Gasteiger partial charge >= 0.3 is 0 Å². The van der Waals surface area contributed by atoms with Crippen molar-refractivity contribution in [2.24, 2.45) is 11.1 Å². The summed E-state index contributed by atoms with van der Waals surface area (Å²) in [6.45, 7) is 1.98. The molecule has 1 fully saturated rings. The van der Waals surface area contributed by atoms with Gasteiger partial charge in [-0.1, -0.05) is 25.1 Å². The first-order chi connectivity index (χ1) is 7.40. The van der Waals surface area contributed by atoms with Crippen LogP contribution in [0.2, 0.25) is 0 Å². The molecule has 1 rings (SSSR count). The maximum atomic E-state index is 12.3. The lowest BCUT2D eigenvalue weighted by atomic mass is 9.84. The number of thiocarbonyl (C=S) groups is 1. The van der Waals surface area contributed by atoms with Crippen LogP contribution in [-0.4, -0.2) is 40.6 Å². The molecule has 1 amide bonds. The maximum absolute atomic E-state index is 12.3. The number of nitrogens with two attached hydrogens (primary N) is 1. The lowest BCUT2D eigenvalue weighted by molar-refractivity contribution is -0.137. The van der Waals surface area contributed by atoms with Crippen molar-refractivity contribution in [1.29, 1.82) is 0 Å². The highest BCUT2D eigenvalue weighted by Crippen LogP contribution is 2.39. The van der Waals surface area contributed by atoms with Gasteiger partial charge in [0.05, 0.1) is 16.5 Å². The highest BCUT2D eigenvalue weighted by Gasteiger charge is 2.45. The third kappa shape index (κ3) is 2.52. The van der Waals surface area contributed by atoms with Crippen molar-refractivity contribution in [3.63, 3.8) is 0 Å². The van der Waals surface area contributed by atoms with Gasteiger partial charge in [-0.25, -0.2) is 0 Å². The molecule has 0 bridgehead atoms. The van der Waals surface area contributed by atoms with Crippen LogP contribution >= 0.6 is 12.2 Å². The predicted octanol–water partition coefficient (Wildman–Crippen LogP) is 0.672. The van der Waals surface area contributed by atoms with Crippen molar-refractivity contribution in [3.05, 3.63) is 0 Å². The second-order valence-electron chi connectivity index (χ2n) is 4.69. The topological polar surface area (TPSA) is 66.6 Å². The summed E-state index contributed by atoms with van der Waals surface area (Å²) in [7, 11) is 1.69. The Labute approximate surface area is 102 Å². The normalized spacial score (nSPS) is 20.4. The summed E-state index contributed by atoms with van der Waals surface area (Å²) in [5, 5.41) is 9.28. The van der Waals surface area contributed by atoms with Crippen LogP contribution in [0.15, 0.2) is 0 Å². The van der Waals surface area contributed by atoms with Gasteiger partial charge in [0.2, 0.25) is 5.91 Å². The van der Waals surface area contributed by atoms with Gasteiger partial charge in [0.25, 0.3) is 0 Å². The molecule has 0 spiro atoms. The molecule has 0 radical (unpaired) electrons. The monoisotopic (exact) mass is 244 g/mol. The van der Waals surface area contributed by atoms with Gasteiger partial charge in [-0.2, -0.15) is 0 Å². The maximum Gasteiger partial charge on any atom is 0.235 e. The molecule has 1 aliphatic rings. The Morgan fingerprint density at radius 3 is 2.44 bits per heavy atom. The molecule has 0 aromatic rings. The molecule has 0 aliphatic heterocycles. The Hall–Kier alpha value is -0.680. The second-order valence-corrected chi connectivity index (χ2v) is 5.13. The SMILES string of the molecule is CC(O)CN(C)C(=O)C1(C(N)=S)CCCC1. The van der Waals surface area contributed by atoms with E-state index in [2.05, 4.69) is 0 Å². The summed E-state index contributed by atoms with van der Waals surface area (Å²) in [6.07, 6.45) is 2.94. The second kappa shape index (κ2) is 5.10. The largest absolute Gasteiger partial charge is 0.392 e. The van der Waals surface area contributed by atoms with Crippen LogP contribution in [0.3, 0.4) is 0 Å². The van der Waals surface area contributed by atoms with Crippen LogP contribution in [0.5, 0.6) is 0 Å². The van der Waals surface area contributed by atoms with E-state index < -0.39 is 11.5 Å². The van der Waals surface area contributed by atoms with E-state index in [0.717, 1.165) is 25.7 Å². The smallest absolute Gasteiger partial charge is 0.235 e. The summed E-state index contributed by atoms with van der Waals surface area (Å²) >= 11 is 5.04. The van der Waals surface area contributed by atoms with Gasteiger partial charge in [-0.15, -0.1) is 0 Å². The fourth-order valence-electron chi connectivity index (χ4n) is 2.39. The van der Waals surface area contributed by atoms with Crippen LogP contribution in [-0.2, 0) is 4.79 Å². The number of carbonyl (C=O) groups is 1. The van der Waals surface area contributed by atoms with E-state index in [1.54, 1.807) is 14.0 Å². The number of nitrogens with zero attached hydrogens (tertiary/aromatic N) is 1. The standard InChI is InChI=1S/C11H20N2O2S/c1-8(14)7-13(2)10(15)11(9(12)16)5-3-4-6-11/h8,14H,3-7H2,1-2H3,(H2,12,16). The Kier molecular flexibility index (Phi) is 4.27. The van der Waals surface area contributed by atoms with Crippen molar-refractivity contribution < 1.29 is 9.90 Å². The van der Waals surface area contributed by atoms with Crippen molar-refractivity contribution in [2.45, 2.75) is 38.7 Å². The van der Waals surface area contributed by atoms with E-state index >= 15 is 0 Å². The minimum Gasteiger partial charge on any atom is -0.392 e. The summed E-state index contributed by atoms with van der Waals surface area (Å²) < 4.78 is 0. The van der Waals surface area contributed by atoms with E-state index in [1.807, 2.05) is 0 Å². The number of hydrogen-bond acceptors (Lipinski definition) is 3. The summed E-state index contributed by atoms with van der Waals surface area (Å²) in [5.41, 5.74) is 5.07. The number of hydrogen-bond donors (Lipinski definition) is 2. The van der Waals surface area contributed by atoms with E-state index in [-0.39, 0.29) is 5.91 Å². The Morgan fingerprint density at radius 2 is 2.06 bits per heavy atom. The van der Waals surface area contributed by atoms with Gasteiger partial charge in [0, 0.05) is 13.6 Å². The summed E-state index contributed by atoms with van der Waals surface area (Å²) in [4.78, 5) is 14.1. The molecule has 1 atom stereocenters. The molecule has 5 heteroatoms. The van der Waals surface area contributed by atoms with Gasteiger partial charge in [-0.3, -0.25) is 4.79 Å². The molecule has 92 valence electrons. The van der Waals surface area contributed by atoms with Crippen LogP contribution in [0.1, 0.15) is 32.6 Å². The minimum absolute atomic E-state index is 0.0431. The summed E-state index contributed by atoms with van der Waals surface area (Å²) in [5.74, 6) is -0.0431. The average Bonchev–Trinajstić information content (AvgIpc) is 2.65. The lowest BCUT2D eigenvalue weighted by Crippen LogP contribution is -2.49. The van der Waals surface area contributed by atoms with E-state index in [4.69, 9.17) is 18.0 Å². The van der Waals surface area contributed by atoms with Crippen molar-refractivity contribution in [3.8, 4) is 0 Å². The van der Waals surface area contributed by atoms with Crippen molar-refractivity contribution >= 4 is 23.1 Å². The first-order valence-corrected chi connectivity index (χ1v) is 6.04. The molecule has 1 unspecified atom stereocenters. The fourth-order valence-corrected chi connectivity index (χ4v) is 2.68. The van der Waals surface area contributed by atoms with Crippen LogP contribution < -0.4 is 5.73 Å². The molecule has 16 heavy (non-hydrogen) atoms. The molecule has 0 heterocycles. The number of aliphatic hydroxyl groups excluding tert-OH is 1.